The molecule has 0 aromatic heterocycles. The zero-order valence-corrected chi connectivity index (χ0v) is 15.1. The SMILES string of the molecule is Cc1ccc(NC(=O)CN(C)CCOc2cccc(Cl)c2)c(C)c1. The molecule has 0 aliphatic heterocycles. The Labute approximate surface area is 148 Å². The standard InChI is InChI=1S/C19H23ClN2O2/c1-14-7-8-18(15(2)11-14)21-19(23)13-22(3)9-10-24-17-6-4-5-16(20)12-17/h4-8,11-12H,9-10,13H2,1-3H3,(H,21,23). The maximum Gasteiger partial charge on any atom is 0.238 e. The van der Waals surface area contributed by atoms with Gasteiger partial charge in [-0.15, -0.1) is 0 Å². The van der Waals surface area contributed by atoms with Gasteiger partial charge in [-0.2, -0.15) is 0 Å². The first-order chi connectivity index (χ1) is 11.4. The Morgan fingerprint density at radius 1 is 1.21 bits per heavy atom. The summed E-state index contributed by atoms with van der Waals surface area (Å²) in [5.74, 6) is 0.697. The second-order valence-corrected chi connectivity index (χ2v) is 6.35. The first-order valence-corrected chi connectivity index (χ1v) is 8.26. The van der Waals surface area contributed by atoms with Gasteiger partial charge in [0, 0.05) is 17.3 Å². The summed E-state index contributed by atoms with van der Waals surface area (Å²) in [7, 11) is 1.89. The largest absolute Gasteiger partial charge is 0.492 e. The Kier molecular flexibility index (Phi) is 6.64. The topological polar surface area (TPSA) is 41.6 Å². The van der Waals surface area contributed by atoms with E-state index < -0.39 is 0 Å². The average molecular weight is 347 g/mol. The molecule has 1 amide bonds. The molecule has 0 heterocycles. The third-order valence-electron chi connectivity index (χ3n) is 3.61. The molecule has 4 nitrogen and oxygen atoms in total. The maximum absolute atomic E-state index is 12.1. The highest BCUT2D eigenvalue weighted by Crippen LogP contribution is 2.17. The highest BCUT2D eigenvalue weighted by Gasteiger charge is 2.08. The molecule has 0 fully saturated rings. The van der Waals surface area contributed by atoms with Crippen molar-refractivity contribution in [3.8, 4) is 5.75 Å². The lowest BCUT2D eigenvalue weighted by Gasteiger charge is -2.17. The third-order valence-corrected chi connectivity index (χ3v) is 3.84. The number of ether oxygens (including phenoxy) is 1. The third kappa shape index (κ3) is 5.87. The summed E-state index contributed by atoms with van der Waals surface area (Å²) in [5.41, 5.74) is 3.10. The van der Waals surface area contributed by atoms with Crippen LogP contribution in [0.3, 0.4) is 0 Å². The summed E-state index contributed by atoms with van der Waals surface area (Å²) in [5, 5.41) is 3.59. The molecular formula is C19H23ClN2O2. The lowest BCUT2D eigenvalue weighted by Crippen LogP contribution is -2.33. The number of carbonyl (C=O) groups is 1. The minimum Gasteiger partial charge on any atom is -0.492 e. The molecule has 2 rings (SSSR count). The van der Waals surface area contributed by atoms with Gasteiger partial charge in [-0.3, -0.25) is 9.69 Å². The molecule has 0 saturated heterocycles. The number of rotatable bonds is 7. The van der Waals surface area contributed by atoms with Crippen LogP contribution in [0.4, 0.5) is 5.69 Å². The van der Waals surface area contributed by atoms with E-state index in [2.05, 4.69) is 11.4 Å². The van der Waals surface area contributed by atoms with Crippen molar-refractivity contribution in [3.63, 3.8) is 0 Å². The quantitative estimate of drug-likeness (QED) is 0.826. The second-order valence-electron chi connectivity index (χ2n) is 5.91. The van der Waals surface area contributed by atoms with Crippen LogP contribution in [0.1, 0.15) is 11.1 Å². The van der Waals surface area contributed by atoms with Crippen molar-refractivity contribution < 1.29 is 9.53 Å². The van der Waals surface area contributed by atoms with Crippen molar-refractivity contribution in [2.45, 2.75) is 13.8 Å². The van der Waals surface area contributed by atoms with E-state index in [0.29, 0.717) is 24.7 Å². The molecule has 24 heavy (non-hydrogen) atoms. The summed E-state index contributed by atoms with van der Waals surface area (Å²) in [4.78, 5) is 14.0. The zero-order chi connectivity index (χ0) is 17.5. The van der Waals surface area contributed by atoms with Gasteiger partial charge in [0.1, 0.15) is 12.4 Å². The van der Waals surface area contributed by atoms with E-state index in [9.17, 15) is 4.79 Å². The number of carbonyl (C=O) groups excluding carboxylic acids is 1. The lowest BCUT2D eigenvalue weighted by molar-refractivity contribution is -0.117. The Morgan fingerprint density at radius 2 is 2.00 bits per heavy atom. The van der Waals surface area contributed by atoms with Crippen LogP contribution in [0.2, 0.25) is 5.02 Å². The van der Waals surface area contributed by atoms with Crippen molar-refractivity contribution in [2.75, 3.05) is 32.1 Å². The minimum atomic E-state index is -0.0350. The Balaban J connectivity index is 1.75. The molecule has 128 valence electrons. The Bertz CT molecular complexity index is 704. The maximum atomic E-state index is 12.1. The highest BCUT2D eigenvalue weighted by atomic mass is 35.5. The van der Waals surface area contributed by atoms with Crippen LogP contribution in [-0.2, 0) is 4.79 Å². The number of nitrogens with one attached hydrogen (secondary N) is 1. The van der Waals surface area contributed by atoms with Crippen LogP contribution >= 0.6 is 11.6 Å². The number of halogens is 1. The predicted octanol–water partition coefficient (Wildman–Crippen LogP) is 3.91. The van der Waals surface area contributed by atoms with Crippen LogP contribution in [0, 0.1) is 13.8 Å². The zero-order valence-electron chi connectivity index (χ0n) is 14.3. The first-order valence-electron chi connectivity index (χ1n) is 7.88. The number of nitrogens with zero attached hydrogens (tertiary/aromatic N) is 1. The molecule has 0 aliphatic rings. The van der Waals surface area contributed by atoms with E-state index in [1.54, 1.807) is 12.1 Å². The number of benzene rings is 2. The number of anilines is 1. The van der Waals surface area contributed by atoms with E-state index in [4.69, 9.17) is 16.3 Å². The highest BCUT2D eigenvalue weighted by molar-refractivity contribution is 6.30. The number of hydrogen-bond donors (Lipinski definition) is 1. The predicted molar refractivity (Wildman–Crippen MR) is 99.0 cm³/mol. The van der Waals surface area contributed by atoms with Gasteiger partial charge < -0.3 is 10.1 Å². The molecule has 0 unspecified atom stereocenters. The van der Waals surface area contributed by atoms with E-state index in [-0.39, 0.29) is 5.91 Å². The normalized spacial score (nSPS) is 10.7. The summed E-state index contributed by atoms with van der Waals surface area (Å²) in [6.45, 7) is 5.48. The van der Waals surface area contributed by atoms with Gasteiger partial charge in [0.25, 0.3) is 0 Å². The van der Waals surface area contributed by atoms with E-state index in [0.717, 1.165) is 17.0 Å². The van der Waals surface area contributed by atoms with E-state index >= 15 is 0 Å². The molecule has 0 spiro atoms. The van der Waals surface area contributed by atoms with Crippen molar-refractivity contribution in [1.29, 1.82) is 0 Å². The number of likely N-dealkylation sites (N-methyl/N-ethyl adjacent to an activating group) is 1. The van der Waals surface area contributed by atoms with Gasteiger partial charge in [-0.25, -0.2) is 0 Å². The Morgan fingerprint density at radius 3 is 2.71 bits per heavy atom. The summed E-state index contributed by atoms with van der Waals surface area (Å²) in [6.07, 6.45) is 0. The van der Waals surface area contributed by atoms with Crippen LogP contribution in [-0.4, -0.2) is 37.6 Å². The molecule has 1 N–H and O–H groups in total. The van der Waals surface area contributed by atoms with E-state index in [1.807, 2.05) is 50.1 Å². The smallest absolute Gasteiger partial charge is 0.238 e. The summed E-state index contributed by atoms with van der Waals surface area (Å²) >= 11 is 5.91. The van der Waals surface area contributed by atoms with Crippen molar-refractivity contribution >= 4 is 23.2 Å². The molecule has 2 aromatic carbocycles. The summed E-state index contributed by atoms with van der Waals surface area (Å²) < 4.78 is 5.63. The van der Waals surface area contributed by atoms with Crippen molar-refractivity contribution in [2.24, 2.45) is 0 Å². The fourth-order valence-corrected chi connectivity index (χ4v) is 2.52. The molecule has 0 bridgehead atoms. The molecular weight excluding hydrogens is 324 g/mol. The van der Waals surface area contributed by atoms with Crippen LogP contribution in [0.25, 0.3) is 0 Å². The molecule has 0 radical (unpaired) electrons. The summed E-state index contributed by atoms with van der Waals surface area (Å²) in [6, 6.07) is 13.3. The van der Waals surface area contributed by atoms with Crippen molar-refractivity contribution in [1.82, 2.24) is 4.90 Å². The molecule has 0 aliphatic carbocycles. The van der Waals surface area contributed by atoms with Crippen LogP contribution < -0.4 is 10.1 Å². The van der Waals surface area contributed by atoms with Crippen LogP contribution in [0.15, 0.2) is 42.5 Å². The molecule has 5 heteroatoms. The van der Waals surface area contributed by atoms with Crippen LogP contribution in [0.5, 0.6) is 5.75 Å². The number of hydrogen-bond acceptors (Lipinski definition) is 3. The second kappa shape index (κ2) is 8.71. The van der Waals surface area contributed by atoms with Gasteiger partial charge in [-0.1, -0.05) is 35.4 Å². The molecule has 0 saturated carbocycles. The number of aryl methyl sites for hydroxylation is 2. The number of amides is 1. The molecule has 0 atom stereocenters. The Hall–Kier alpha value is -2.04. The molecule has 2 aromatic rings. The van der Waals surface area contributed by atoms with E-state index in [1.165, 1.54) is 5.56 Å². The monoisotopic (exact) mass is 346 g/mol. The fourth-order valence-electron chi connectivity index (χ4n) is 2.34. The van der Waals surface area contributed by atoms with Gasteiger partial charge in [0.2, 0.25) is 5.91 Å². The van der Waals surface area contributed by atoms with Crippen molar-refractivity contribution in [3.05, 3.63) is 58.6 Å². The van der Waals surface area contributed by atoms with Gasteiger partial charge >= 0.3 is 0 Å². The van der Waals surface area contributed by atoms with Gasteiger partial charge in [0.05, 0.1) is 6.54 Å². The fraction of sp³-hybridized carbons (Fsp3) is 0.316. The first kappa shape index (κ1) is 18.3. The minimum absolute atomic E-state index is 0.0350. The average Bonchev–Trinajstić information content (AvgIpc) is 2.50. The van der Waals surface area contributed by atoms with Gasteiger partial charge in [0.15, 0.2) is 0 Å². The lowest BCUT2D eigenvalue weighted by atomic mass is 10.1. The van der Waals surface area contributed by atoms with Gasteiger partial charge in [-0.05, 0) is 50.7 Å².